The van der Waals surface area contributed by atoms with Crippen molar-refractivity contribution in [1.29, 1.82) is 0 Å². The van der Waals surface area contributed by atoms with Crippen LogP contribution in [0.1, 0.15) is 48.3 Å². The van der Waals surface area contributed by atoms with Crippen molar-refractivity contribution in [2.24, 2.45) is 5.73 Å². The minimum absolute atomic E-state index is 0.000584. The number of ether oxygens (including phenoxy) is 1. The summed E-state index contributed by atoms with van der Waals surface area (Å²) in [6.07, 6.45) is 5.97. The van der Waals surface area contributed by atoms with Crippen molar-refractivity contribution < 1.29 is 14.3 Å². The summed E-state index contributed by atoms with van der Waals surface area (Å²) in [6, 6.07) is 7.40. The highest BCUT2D eigenvalue weighted by molar-refractivity contribution is 5.97. The average molecular weight is 370 g/mol. The molecule has 0 bridgehead atoms. The molecule has 1 aromatic heterocycles. The monoisotopic (exact) mass is 370 g/mol. The van der Waals surface area contributed by atoms with Crippen molar-refractivity contribution in [2.75, 3.05) is 19.7 Å². The van der Waals surface area contributed by atoms with Crippen molar-refractivity contribution >= 4 is 11.8 Å². The van der Waals surface area contributed by atoms with E-state index in [0.29, 0.717) is 31.0 Å². The number of carbonyl (C=O) groups is 2. The van der Waals surface area contributed by atoms with E-state index in [4.69, 9.17) is 10.5 Å². The molecule has 2 amide bonds. The van der Waals surface area contributed by atoms with E-state index in [2.05, 4.69) is 4.98 Å². The summed E-state index contributed by atoms with van der Waals surface area (Å²) < 4.78 is 7.53. The smallest absolute Gasteiger partial charge is 0.257 e. The third kappa shape index (κ3) is 4.48. The fourth-order valence-electron chi connectivity index (χ4n) is 3.47. The number of amides is 2. The lowest BCUT2D eigenvalue weighted by Crippen LogP contribution is -2.38. The van der Waals surface area contributed by atoms with E-state index >= 15 is 0 Å². The molecule has 1 saturated heterocycles. The molecule has 0 aliphatic carbocycles. The molecule has 3 rings (SSSR count). The molecule has 1 aliphatic heterocycles. The van der Waals surface area contributed by atoms with Gasteiger partial charge in [-0.25, -0.2) is 4.98 Å². The molecule has 7 nitrogen and oxygen atoms in total. The number of imidazole rings is 1. The van der Waals surface area contributed by atoms with Crippen LogP contribution in [0.25, 0.3) is 0 Å². The number of nitrogens with two attached hydrogens (primary N) is 1. The molecule has 2 aromatic rings. The number of rotatable bonds is 7. The maximum Gasteiger partial charge on any atom is 0.257 e. The molecule has 0 unspecified atom stereocenters. The highest BCUT2D eigenvalue weighted by atomic mass is 16.5. The summed E-state index contributed by atoms with van der Waals surface area (Å²) in [6.45, 7) is 4.06. The molecule has 1 aromatic carbocycles. The van der Waals surface area contributed by atoms with Gasteiger partial charge in [0.15, 0.2) is 0 Å². The number of hydrogen-bond donors (Lipinski definition) is 1. The molecular formula is C20H26N4O3. The summed E-state index contributed by atoms with van der Waals surface area (Å²) in [5.74, 6) is 1.34. The van der Waals surface area contributed by atoms with Gasteiger partial charge in [0, 0.05) is 31.4 Å². The molecule has 144 valence electrons. The van der Waals surface area contributed by atoms with Gasteiger partial charge in [0.2, 0.25) is 5.91 Å². The number of likely N-dealkylation sites (tertiary alicyclic amines) is 1. The van der Waals surface area contributed by atoms with Gasteiger partial charge in [-0.05, 0) is 31.4 Å². The second-order valence-electron chi connectivity index (χ2n) is 6.79. The summed E-state index contributed by atoms with van der Waals surface area (Å²) in [5, 5.41) is 0. The predicted octanol–water partition coefficient (Wildman–Crippen LogP) is 2.18. The molecule has 1 fully saturated rings. The van der Waals surface area contributed by atoms with Crippen molar-refractivity contribution in [3.05, 3.63) is 48.0 Å². The van der Waals surface area contributed by atoms with Gasteiger partial charge in [-0.15, -0.1) is 0 Å². The molecule has 27 heavy (non-hydrogen) atoms. The number of para-hydroxylation sites is 1. The van der Waals surface area contributed by atoms with E-state index in [0.717, 1.165) is 25.1 Å². The third-order valence-electron chi connectivity index (χ3n) is 4.80. The van der Waals surface area contributed by atoms with Crippen LogP contribution in [0.2, 0.25) is 0 Å². The standard InChI is InChI=1S/C20H26N4O3/c1-2-13-27-17-6-4-3-5-16(17)20(26)23-10-7-15(8-11-23)19-22-9-12-24(19)14-18(21)25/h3-6,9,12,15H,2,7-8,10-11,13-14H2,1H3,(H2,21,25). The van der Waals surface area contributed by atoms with Gasteiger partial charge in [0.05, 0.1) is 12.2 Å². The van der Waals surface area contributed by atoms with Crippen molar-refractivity contribution in [1.82, 2.24) is 14.5 Å². The molecule has 0 atom stereocenters. The first-order chi connectivity index (χ1) is 13.1. The summed E-state index contributed by atoms with van der Waals surface area (Å²) >= 11 is 0. The van der Waals surface area contributed by atoms with Crippen LogP contribution in [0.15, 0.2) is 36.7 Å². The Labute approximate surface area is 159 Å². The Morgan fingerprint density at radius 2 is 2.00 bits per heavy atom. The lowest BCUT2D eigenvalue weighted by atomic mass is 9.95. The van der Waals surface area contributed by atoms with Crippen LogP contribution in [0.3, 0.4) is 0 Å². The Bertz CT molecular complexity index is 794. The van der Waals surface area contributed by atoms with Gasteiger partial charge in [0.1, 0.15) is 18.1 Å². The largest absolute Gasteiger partial charge is 0.493 e. The predicted molar refractivity (Wildman–Crippen MR) is 102 cm³/mol. The zero-order chi connectivity index (χ0) is 19.2. The third-order valence-corrected chi connectivity index (χ3v) is 4.80. The van der Waals surface area contributed by atoms with Crippen LogP contribution in [-0.4, -0.2) is 46.0 Å². The maximum absolute atomic E-state index is 13.0. The molecule has 7 heteroatoms. The number of hydrogen-bond acceptors (Lipinski definition) is 4. The Kier molecular flexibility index (Phi) is 6.11. The van der Waals surface area contributed by atoms with E-state index in [1.807, 2.05) is 36.1 Å². The lowest BCUT2D eigenvalue weighted by Gasteiger charge is -2.32. The average Bonchev–Trinajstić information content (AvgIpc) is 3.13. The second-order valence-corrected chi connectivity index (χ2v) is 6.79. The highest BCUT2D eigenvalue weighted by Gasteiger charge is 2.28. The molecular weight excluding hydrogens is 344 g/mol. The Hall–Kier alpha value is -2.83. The van der Waals surface area contributed by atoms with Gasteiger partial charge in [-0.1, -0.05) is 19.1 Å². The quantitative estimate of drug-likeness (QED) is 0.809. The van der Waals surface area contributed by atoms with Crippen LogP contribution >= 0.6 is 0 Å². The van der Waals surface area contributed by atoms with Gasteiger partial charge in [-0.3, -0.25) is 9.59 Å². The molecule has 1 aliphatic rings. The van der Waals surface area contributed by atoms with Crippen LogP contribution in [0.5, 0.6) is 5.75 Å². The van der Waals surface area contributed by atoms with Crippen molar-refractivity contribution in [2.45, 2.75) is 38.6 Å². The summed E-state index contributed by atoms with van der Waals surface area (Å²) in [5.41, 5.74) is 5.92. The van der Waals surface area contributed by atoms with Gasteiger partial charge >= 0.3 is 0 Å². The zero-order valence-electron chi connectivity index (χ0n) is 15.6. The number of piperidine rings is 1. The molecule has 2 heterocycles. The van der Waals surface area contributed by atoms with Crippen molar-refractivity contribution in [3.8, 4) is 5.75 Å². The Morgan fingerprint density at radius 1 is 1.26 bits per heavy atom. The van der Waals surface area contributed by atoms with E-state index in [1.54, 1.807) is 17.0 Å². The number of benzene rings is 1. The van der Waals surface area contributed by atoms with Crippen molar-refractivity contribution in [3.63, 3.8) is 0 Å². The van der Waals surface area contributed by atoms with Gasteiger partial charge in [-0.2, -0.15) is 0 Å². The normalized spacial score (nSPS) is 14.9. The highest BCUT2D eigenvalue weighted by Crippen LogP contribution is 2.29. The molecule has 2 N–H and O–H groups in total. The van der Waals surface area contributed by atoms with Crippen LogP contribution in [0.4, 0.5) is 0 Å². The van der Waals surface area contributed by atoms with E-state index in [1.165, 1.54) is 0 Å². The first kappa shape index (κ1) is 18.9. The summed E-state index contributed by atoms with van der Waals surface area (Å²) in [4.78, 5) is 30.4. The van der Waals surface area contributed by atoms with Crippen LogP contribution < -0.4 is 10.5 Å². The fraction of sp³-hybridized carbons (Fsp3) is 0.450. The number of carbonyl (C=O) groups excluding carboxylic acids is 2. The van der Waals surface area contributed by atoms with E-state index in [-0.39, 0.29) is 24.3 Å². The molecule has 0 saturated carbocycles. The minimum Gasteiger partial charge on any atom is -0.493 e. The molecule has 0 spiro atoms. The molecule has 0 radical (unpaired) electrons. The topological polar surface area (TPSA) is 90.4 Å². The number of aromatic nitrogens is 2. The Balaban J connectivity index is 1.65. The summed E-state index contributed by atoms with van der Waals surface area (Å²) in [7, 11) is 0. The van der Waals surface area contributed by atoms with E-state index < -0.39 is 0 Å². The SMILES string of the molecule is CCCOc1ccccc1C(=O)N1CCC(c2nccn2CC(N)=O)CC1. The number of nitrogens with zero attached hydrogens (tertiary/aromatic N) is 3. The van der Waals surface area contributed by atoms with Gasteiger partial charge in [0.25, 0.3) is 5.91 Å². The second kappa shape index (κ2) is 8.70. The first-order valence-corrected chi connectivity index (χ1v) is 9.40. The number of primary amides is 1. The first-order valence-electron chi connectivity index (χ1n) is 9.40. The lowest BCUT2D eigenvalue weighted by molar-refractivity contribution is -0.118. The maximum atomic E-state index is 13.0. The van der Waals surface area contributed by atoms with Crippen LogP contribution in [-0.2, 0) is 11.3 Å². The van der Waals surface area contributed by atoms with Gasteiger partial charge < -0.3 is 19.9 Å². The Morgan fingerprint density at radius 3 is 2.70 bits per heavy atom. The zero-order valence-corrected chi connectivity index (χ0v) is 15.6. The van der Waals surface area contributed by atoms with E-state index in [9.17, 15) is 9.59 Å². The van der Waals surface area contributed by atoms with Crippen LogP contribution in [0, 0.1) is 0 Å². The fourth-order valence-corrected chi connectivity index (χ4v) is 3.47. The minimum atomic E-state index is -0.384.